The van der Waals surface area contributed by atoms with Gasteiger partial charge in [0.15, 0.2) is 5.75 Å². The molecule has 0 fully saturated rings. The molecule has 2 heterocycles. The Balaban J connectivity index is 1.45. The van der Waals surface area contributed by atoms with E-state index in [2.05, 4.69) is 15.3 Å². The van der Waals surface area contributed by atoms with Crippen LogP contribution >= 0.6 is 11.6 Å². The van der Waals surface area contributed by atoms with Crippen LogP contribution in [0.3, 0.4) is 0 Å². The van der Waals surface area contributed by atoms with Gasteiger partial charge in [-0.1, -0.05) is 42.0 Å². The Morgan fingerprint density at radius 3 is 2.87 bits per heavy atom. The van der Waals surface area contributed by atoms with Gasteiger partial charge in [0, 0.05) is 17.3 Å². The second-order valence-corrected chi connectivity index (χ2v) is 7.87. The number of fused-ring (bicyclic) bond motifs is 1. The van der Waals surface area contributed by atoms with E-state index in [4.69, 9.17) is 16.4 Å². The first-order valence-electron chi connectivity index (χ1n) is 9.99. The van der Waals surface area contributed by atoms with E-state index in [1.54, 1.807) is 24.3 Å². The minimum atomic E-state index is -0.553. The van der Waals surface area contributed by atoms with Crippen LogP contribution in [0.1, 0.15) is 29.7 Å². The van der Waals surface area contributed by atoms with Crippen molar-refractivity contribution in [1.29, 1.82) is 0 Å². The zero-order valence-corrected chi connectivity index (χ0v) is 18.0. The van der Waals surface area contributed by atoms with Crippen LogP contribution in [-0.4, -0.2) is 38.7 Å². The maximum atomic E-state index is 12.9. The molecule has 1 aromatic heterocycles. The van der Waals surface area contributed by atoms with Crippen molar-refractivity contribution in [3.05, 3.63) is 76.7 Å². The van der Waals surface area contributed by atoms with Gasteiger partial charge >= 0.3 is 0 Å². The molecule has 7 nitrogen and oxygen atoms in total. The molecule has 0 spiro atoms. The number of benzene rings is 2. The molecule has 0 aliphatic carbocycles. The Kier molecular flexibility index (Phi) is 6.18. The summed E-state index contributed by atoms with van der Waals surface area (Å²) < 4.78 is 0. The van der Waals surface area contributed by atoms with Crippen molar-refractivity contribution >= 4 is 17.5 Å². The first-order chi connectivity index (χ1) is 14.9. The van der Waals surface area contributed by atoms with Crippen LogP contribution < -0.4 is 10.2 Å². The van der Waals surface area contributed by atoms with Crippen molar-refractivity contribution in [1.82, 2.24) is 20.3 Å². The van der Waals surface area contributed by atoms with E-state index in [0.717, 1.165) is 22.3 Å². The van der Waals surface area contributed by atoms with E-state index in [1.165, 1.54) is 0 Å². The molecule has 0 radical (unpaired) electrons. The van der Waals surface area contributed by atoms with E-state index in [0.29, 0.717) is 18.0 Å². The average molecular weight is 439 g/mol. The highest BCUT2D eigenvalue weighted by Crippen LogP contribution is 2.33. The summed E-state index contributed by atoms with van der Waals surface area (Å²) in [5.41, 5.74) is 4.45. The van der Waals surface area contributed by atoms with Crippen LogP contribution in [0.15, 0.2) is 54.7 Å². The molecule has 2 N–H and O–H groups in total. The normalized spacial score (nSPS) is 15.1. The molecule has 3 aromatic rings. The smallest absolute Gasteiger partial charge is 0.241 e. The van der Waals surface area contributed by atoms with Gasteiger partial charge in [-0.15, -0.1) is 5.06 Å². The van der Waals surface area contributed by atoms with Gasteiger partial charge in [-0.2, -0.15) is 0 Å². The number of rotatable bonds is 6. The van der Waals surface area contributed by atoms with Crippen molar-refractivity contribution in [2.75, 3.05) is 6.61 Å². The summed E-state index contributed by atoms with van der Waals surface area (Å²) in [6.07, 6.45) is 1.60. The molecule has 1 amide bonds. The van der Waals surface area contributed by atoms with Crippen LogP contribution in [-0.2, 0) is 11.3 Å². The van der Waals surface area contributed by atoms with Crippen molar-refractivity contribution in [2.24, 2.45) is 0 Å². The summed E-state index contributed by atoms with van der Waals surface area (Å²) >= 11 is 5.89. The largest absolute Gasteiger partial charge is 0.405 e. The Hall–Kier alpha value is -3.00. The van der Waals surface area contributed by atoms with Gasteiger partial charge in [-0.3, -0.25) is 4.79 Å². The van der Waals surface area contributed by atoms with E-state index >= 15 is 0 Å². The van der Waals surface area contributed by atoms with Crippen LogP contribution in [0.4, 0.5) is 0 Å². The van der Waals surface area contributed by atoms with Crippen molar-refractivity contribution in [3.8, 4) is 17.0 Å². The summed E-state index contributed by atoms with van der Waals surface area (Å²) in [6.45, 7) is 4.04. The molecule has 0 saturated carbocycles. The average Bonchev–Trinajstić information content (AvgIpc) is 3.20. The molecular weight excluding hydrogens is 416 g/mol. The third-order valence-electron chi connectivity index (χ3n) is 5.29. The van der Waals surface area contributed by atoms with Crippen molar-refractivity contribution in [2.45, 2.75) is 32.5 Å². The van der Waals surface area contributed by atoms with Crippen LogP contribution in [0.25, 0.3) is 11.3 Å². The highest BCUT2D eigenvalue weighted by atomic mass is 35.5. The first-order valence-corrected chi connectivity index (χ1v) is 10.4. The summed E-state index contributed by atoms with van der Waals surface area (Å²) in [5, 5.41) is 14.5. The fourth-order valence-electron chi connectivity index (χ4n) is 3.51. The summed E-state index contributed by atoms with van der Waals surface area (Å²) in [5.74, 6) is 0.445. The number of aromatic nitrogens is 2. The van der Waals surface area contributed by atoms with Gasteiger partial charge < -0.3 is 15.3 Å². The number of amides is 1. The lowest BCUT2D eigenvalue weighted by atomic mass is 10.0. The molecule has 160 valence electrons. The monoisotopic (exact) mass is 438 g/mol. The SMILES string of the molecule is Cc1cccc([C@@H](CO)NC(=O)[C@@H](C)N2Cc3ccc(-c4ccnc(Cl)n4)cc3O2)c1. The van der Waals surface area contributed by atoms with Gasteiger partial charge in [0.2, 0.25) is 11.2 Å². The zero-order valence-electron chi connectivity index (χ0n) is 17.2. The molecular formula is C23H23ClN4O3. The molecule has 0 bridgehead atoms. The lowest BCUT2D eigenvalue weighted by Gasteiger charge is -2.25. The Bertz CT molecular complexity index is 1110. The number of aryl methyl sites for hydroxylation is 1. The van der Waals surface area contributed by atoms with E-state index in [-0.39, 0.29) is 17.8 Å². The fourth-order valence-corrected chi connectivity index (χ4v) is 3.66. The highest BCUT2D eigenvalue weighted by molar-refractivity contribution is 6.28. The molecule has 2 aromatic carbocycles. The third-order valence-corrected chi connectivity index (χ3v) is 5.47. The number of nitrogens with zero attached hydrogens (tertiary/aromatic N) is 3. The van der Waals surface area contributed by atoms with Crippen LogP contribution in [0.2, 0.25) is 5.28 Å². The fraction of sp³-hybridized carbons (Fsp3) is 0.261. The zero-order chi connectivity index (χ0) is 22.0. The standard InChI is InChI=1S/C23H23ClN4O3/c1-14-4-3-5-16(10-14)20(13-29)26-22(30)15(2)28-12-18-7-6-17(11-21(18)31-28)19-8-9-25-23(24)27-19/h3-11,15,20,29H,12-13H2,1-2H3,(H,26,30)/t15-,20-/m1/s1. The first kappa shape index (κ1) is 21.2. The summed E-state index contributed by atoms with van der Waals surface area (Å²) in [4.78, 5) is 26.9. The third kappa shape index (κ3) is 4.69. The van der Waals surface area contributed by atoms with Gasteiger partial charge in [-0.05, 0) is 43.1 Å². The molecule has 2 atom stereocenters. The predicted octanol–water partition coefficient (Wildman–Crippen LogP) is 3.45. The maximum absolute atomic E-state index is 12.9. The number of carbonyl (C=O) groups is 1. The number of hydroxylamine groups is 2. The number of nitrogens with one attached hydrogen (secondary N) is 1. The molecule has 4 rings (SSSR count). The molecule has 0 saturated heterocycles. The Labute approximate surface area is 185 Å². The number of halogens is 1. The number of carbonyl (C=O) groups excluding carboxylic acids is 1. The van der Waals surface area contributed by atoms with Gasteiger partial charge in [0.05, 0.1) is 24.9 Å². The van der Waals surface area contributed by atoms with Crippen LogP contribution in [0.5, 0.6) is 5.75 Å². The van der Waals surface area contributed by atoms with Gasteiger partial charge in [0.25, 0.3) is 0 Å². The Morgan fingerprint density at radius 1 is 1.29 bits per heavy atom. The summed E-state index contributed by atoms with van der Waals surface area (Å²) in [7, 11) is 0. The Morgan fingerprint density at radius 2 is 2.13 bits per heavy atom. The second kappa shape index (κ2) is 9.01. The molecule has 0 unspecified atom stereocenters. The number of hydrogen-bond acceptors (Lipinski definition) is 6. The highest BCUT2D eigenvalue weighted by Gasteiger charge is 2.31. The quantitative estimate of drug-likeness (QED) is 0.573. The van der Waals surface area contributed by atoms with Gasteiger partial charge in [-0.25, -0.2) is 9.97 Å². The molecule has 8 heteroatoms. The van der Waals surface area contributed by atoms with Crippen LogP contribution in [0, 0.1) is 6.92 Å². The summed E-state index contributed by atoms with van der Waals surface area (Å²) in [6, 6.07) is 14.2. The molecule has 1 aliphatic rings. The lowest BCUT2D eigenvalue weighted by molar-refractivity contribution is -0.141. The minimum absolute atomic E-state index is 0.179. The number of hydrogen-bond donors (Lipinski definition) is 2. The van der Waals surface area contributed by atoms with Gasteiger partial charge in [0.1, 0.15) is 6.04 Å². The van der Waals surface area contributed by atoms with E-state index < -0.39 is 12.1 Å². The van der Waals surface area contributed by atoms with Crippen molar-refractivity contribution in [3.63, 3.8) is 0 Å². The maximum Gasteiger partial charge on any atom is 0.241 e. The molecule has 31 heavy (non-hydrogen) atoms. The molecule has 1 aliphatic heterocycles. The number of aliphatic hydroxyl groups excluding tert-OH is 1. The van der Waals surface area contributed by atoms with Crippen molar-refractivity contribution < 1.29 is 14.7 Å². The lowest BCUT2D eigenvalue weighted by Crippen LogP contribution is -2.46. The number of aliphatic hydroxyl groups is 1. The predicted molar refractivity (Wildman–Crippen MR) is 117 cm³/mol. The topological polar surface area (TPSA) is 87.6 Å². The van der Waals surface area contributed by atoms with E-state index in [1.807, 2.05) is 49.4 Å². The second-order valence-electron chi connectivity index (χ2n) is 7.53. The van der Waals surface area contributed by atoms with E-state index in [9.17, 15) is 9.90 Å². The minimum Gasteiger partial charge on any atom is -0.405 e.